The molecule has 0 nitrogen and oxygen atoms in total. The van der Waals surface area contributed by atoms with Gasteiger partial charge < -0.3 is 0 Å². The van der Waals surface area contributed by atoms with Crippen molar-refractivity contribution in [3.63, 3.8) is 0 Å². The molecule has 0 spiro atoms. The monoisotopic (exact) mass is 512 g/mol. The summed E-state index contributed by atoms with van der Waals surface area (Å²) in [4.78, 5) is 1.13. The molecule has 7 atom stereocenters. The molecule has 6 bridgehead atoms. The van der Waals surface area contributed by atoms with Gasteiger partial charge in [-0.1, -0.05) is 0 Å². The van der Waals surface area contributed by atoms with Gasteiger partial charge >= 0.3 is 176 Å². The Kier molecular flexibility index (Phi) is 4.22. The van der Waals surface area contributed by atoms with Crippen molar-refractivity contribution in [1.29, 1.82) is 0 Å². The molecule has 5 rings (SSSR count). The van der Waals surface area contributed by atoms with Crippen LogP contribution in [0, 0.1) is 21.7 Å². The van der Waals surface area contributed by atoms with E-state index >= 15 is 0 Å². The van der Waals surface area contributed by atoms with E-state index in [0.29, 0.717) is 36.1 Å². The van der Waals surface area contributed by atoms with Crippen LogP contribution in [0.25, 0.3) is 0 Å². The van der Waals surface area contributed by atoms with E-state index in [9.17, 15) is 0 Å². The first-order valence-corrected chi connectivity index (χ1v) is 20.0. The zero-order chi connectivity index (χ0) is 20.1. The molecule has 0 radical (unpaired) electrons. The van der Waals surface area contributed by atoms with Gasteiger partial charge in [0.15, 0.2) is 0 Å². The fourth-order valence-corrected chi connectivity index (χ4v) is 77.0. The predicted molar refractivity (Wildman–Crippen MR) is 133 cm³/mol. The van der Waals surface area contributed by atoms with Gasteiger partial charge in [0.1, 0.15) is 0 Å². The fourth-order valence-electron chi connectivity index (χ4n) is 6.48. The van der Waals surface area contributed by atoms with Crippen LogP contribution in [0.1, 0.15) is 83.1 Å². The Labute approximate surface area is 175 Å². The van der Waals surface area contributed by atoms with Crippen LogP contribution in [0.3, 0.4) is 0 Å². The summed E-state index contributed by atoms with van der Waals surface area (Å²) >= 11 is 4.18. The molecule has 0 amide bonds. The summed E-state index contributed by atoms with van der Waals surface area (Å²) in [6, 6.07) is 0. The molecular weight excluding hydrogens is 474 g/mol. The van der Waals surface area contributed by atoms with Crippen LogP contribution in [-0.4, -0.2) is 34.6 Å². The van der Waals surface area contributed by atoms with E-state index in [1.165, 1.54) is 8.27 Å². The van der Waals surface area contributed by atoms with Crippen molar-refractivity contribution < 1.29 is 0 Å². The van der Waals surface area contributed by atoms with E-state index in [-0.39, 0.29) is 14.9 Å². The minimum absolute atomic E-state index is 0.183. The first kappa shape index (κ1) is 21.6. The molecule has 4 fully saturated rings. The van der Waals surface area contributed by atoms with E-state index in [4.69, 9.17) is 0 Å². The van der Waals surface area contributed by atoms with Gasteiger partial charge in [-0.05, 0) is 0 Å². The molecule has 6 heteroatoms. The normalized spacial score (nSPS) is 51.2. The van der Waals surface area contributed by atoms with Crippen LogP contribution in [0.4, 0.5) is 0 Å². The van der Waals surface area contributed by atoms with E-state index < -0.39 is 5.51 Å². The second-order valence-corrected chi connectivity index (χ2v) is 32.6. The zero-order valence-electron chi connectivity index (χ0n) is 18.7. The standard InChI is InChI=1S/C20H37P5Se/c1-14(2,3)13-21-18(15(4,5)6)19(16(7,8)9)22-24-20(23(18)24,17(10,11)12)25(13,19)26/h22H,1-12H3/t18-,19-,20+,23+,24+,25+/m1/s1. The van der Waals surface area contributed by atoms with Crippen LogP contribution < -0.4 is 0 Å². The Morgan fingerprint density at radius 2 is 1.35 bits per heavy atom. The summed E-state index contributed by atoms with van der Waals surface area (Å²) in [6.07, 6.45) is 0. The van der Waals surface area contributed by atoms with Gasteiger partial charge in [-0.2, -0.15) is 0 Å². The average Bonchev–Trinajstić information content (AvgIpc) is 2.62. The van der Waals surface area contributed by atoms with E-state index in [0.717, 1.165) is 0 Å². The molecular formula is C20H37P5Se. The number of hydrogen-bond acceptors (Lipinski definition) is 0. The predicted octanol–water partition coefficient (Wildman–Crippen LogP) is 8.92. The van der Waals surface area contributed by atoms with Crippen LogP contribution in [0.2, 0.25) is 0 Å². The van der Waals surface area contributed by atoms with Crippen molar-refractivity contribution in [2.24, 2.45) is 21.7 Å². The Balaban J connectivity index is 2.18. The quantitative estimate of drug-likeness (QED) is 0.225. The molecule has 5 heterocycles. The van der Waals surface area contributed by atoms with Crippen molar-refractivity contribution in [1.82, 2.24) is 0 Å². The second kappa shape index (κ2) is 5.07. The fraction of sp³-hybridized carbons (Fsp3) is 0.950. The molecule has 0 aliphatic carbocycles. The summed E-state index contributed by atoms with van der Waals surface area (Å²) in [6.45, 7) is 31.1. The van der Waals surface area contributed by atoms with Gasteiger partial charge in [-0.3, -0.25) is 0 Å². The maximum absolute atomic E-state index is 4.18. The minimum atomic E-state index is -1.31. The third-order valence-corrected chi connectivity index (χ3v) is 48.5. The molecule has 0 aromatic rings. The maximum atomic E-state index is 4.18. The third-order valence-electron chi connectivity index (χ3n) is 7.12. The second-order valence-electron chi connectivity index (χ2n) is 12.8. The van der Waals surface area contributed by atoms with Crippen LogP contribution >= 0.6 is 36.9 Å². The van der Waals surface area contributed by atoms with Gasteiger partial charge in [-0.15, -0.1) is 0 Å². The zero-order valence-corrected chi connectivity index (χ0v) is 25.0. The molecule has 5 aliphatic heterocycles. The topological polar surface area (TPSA) is 0 Å². The molecule has 148 valence electrons. The van der Waals surface area contributed by atoms with Crippen molar-refractivity contribution in [2.45, 2.75) is 97.5 Å². The first-order valence-electron chi connectivity index (χ1n) is 9.90. The van der Waals surface area contributed by atoms with Crippen LogP contribution in [0.15, 0.2) is 0 Å². The van der Waals surface area contributed by atoms with Crippen molar-refractivity contribution >= 4 is 57.0 Å². The first-order chi connectivity index (χ1) is 11.3. The Morgan fingerprint density at radius 1 is 0.846 bits per heavy atom. The number of rotatable bonds is 0. The van der Waals surface area contributed by atoms with Gasteiger partial charge in [0.2, 0.25) is 0 Å². The molecule has 0 aromatic heterocycles. The van der Waals surface area contributed by atoms with E-state index in [1.807, 2.05) is 5.03 Å². The molecule has 0 saturated carbocycles. The molecule has 26 heavy (non-hydrogen) atoms. The number of hydrogen-bond donors (Lipinski definition) is 0. The van der Waals surface area contributed by atoms with Crippen LogP contribution in [0.5, 0.6) is 0 Å². The summed E-state index contributed by atoms with van der Waals surface area (Å²) in [5.74, 6) is 0. The van der Waals surface area contributed by atoms with Gasteiger partial charge in [0, 0.05) is 0 Å². The van der Waals surface area contributed by atoms with Gasteiger partial charge in [-0.25, -0.2) is 0 Å². The average molecular weight is 511 g/mol. The molecule has 1 unspecified atom stereocenters. The summed E-state index contributed by atoms with van der Waals surface area (Å²) < 4.78 is 0.706. The van der Waals surface area contributed by atoms with Gasteiger partial charge in [0.05, 0.1) is 0 Å². The molecule has 0 N–H and O–H groups in total. The van der Waals surface area contributed by atoms with Crippen LogP contribution in [-0.2, 0) is 0 Å². The third kappa shape index (κ3) is 1.76. The Hall–Kier alpha value is 2.41. The van der Waals surface area contributed by atoms with Crippen molar-refractivity contribution in [3.05, 3.63) is 0 Å². The molecule has 0 aromatic carbocycles. The Bertz CT molecular complexity index is 787. The summed E-state index contributed by atoms with van der Waals surface area (Å²) in [5, 5.41) is 1.98. The van der Waals surface area contributed by atoms with Gasteiger partial charge in [0.25, 0.3) is 0 Å². The van der Waals surface area contributed by atoms with Crippen molar-refractivity contribution in [3.8, 4) is 0 Å². The van der Waals surface area contributed by atoms with Crippen molar-refractivity contribution in [2.75, 3.05) is 0 Å². The molecule has 4 saturated heterocycles. The summed E-state index contributed by atoms with van der Waals surface area (Å²) in [5.41, 5.74) is 0.294. The van der Waals surface area contributed by atoms with E-state index in [2.05, 4.69) is 98.2 Å². The SMILES string of the molecule is CC(C)(C)C1=P[C@]2(C(C)(C)C)[P@]3[P@]4P[C@]2(C(C)(C)C)[P@]1(=[Se])[C@@]34C(C)(C)C. The van der Waals surface area contributed by atoms with E-state index in [1.54, 1.807) is 8.20 Å². The Morgan fingerprint density at radius 3 is 1.65 bits per heavy atom. The molecule has 5 aliphatic rings. The summed E-state index contributed by atoms with van der Waals surface area (Å²) in [7, 11) is 3.49.